The van der Waals surface area contributed by atoms with Crippen molar-refractivity contribution in [3.8, 4) is 5.75 Å². The molecule has 1 amide bonds. The molecule has 5 heteroatoms. The van der Waals surface area contributed by atoms with Crippen molar-refractivity contribution in [1.29, 1.82) is 0 Å². The largest absolute Gasteiger partial charge is 0.507 e. The summed E-state index contributed by atoms with van der Waals surface area (Å²) in [5, 5.41) is 10.3. The topological polar surface area (TPSA) is 49.8 Å². The van der Waals surface area contributed by atoms with Gasteiger partial charge in [0.05, 0.1) is 11.7 Å². The number of hydrogen-bond acceptors (Lipinski definition) is 3. The quantitative estimate of drug-likeness (QED) is 0.913. The lowest BCUT2D eigenvalue weighted by Crippen LogP contribution is -2.41. The zero-order valence-corrected chi connectivity index (χ0v) is 12.7. The maximum atomic E-state index is 12.5. The number of ether oxygens (including phenoxy) is 1. The van der Waals surface area contributed by atoms with E-state index in [2.05, 4.69) is 0 Å². The Morgan fingerprint density at radius 3 is 2.67 bits per heavy atom. The molecule has 0 aromatic heterocycles. The SMILES string of the molecule is O=C(c1ccc(Cl)cc1O)N1CCC(C2CCCO2)CC1. The van der Waals surface area contributed by atoms with E-state index in [-0.39, 0.29) is 11.7 Å². The van der Waals surface area contributed by atoms with Crippen LogP contribution in [0.2, 0.25) is 5.02 Å². The molecule has 0 aliphatic carbocycles. The highest BCUT2D eigenvalue weighted by molar-refractivity contribution is 6.30. The van der Waals surface area contributed by atoms with Gasteiger partial charge in [-0.25, -0.2) is 0 Å². The van der Waals surface area contributed by atoms with Gasteiger partial charge in [-0.3, -0.25) is 4.79 Å². The lowest BCUT2D eigenvalue weighted by molar-refractivity contribution is 0.0290. The molecule has 1 atom stereocenters. The molecule has 0 bridgehead atoms. The van der Waals surface area contributed by atoms with Gasteiger partial charge in [0, 0.05) is 24.7 Å². The number of carbonyl (C=O) groups is 1. The Labute approximate surface area is 129 Å². The van der Waals surface area contributed by atoms with E-state index in [1.807, 2.05) is 4.90 Å². The minimum atomic E-state index is -0.116. The number of likely N-dealkylation sites (tertiary alicyclic amines) is 1. The van der Waals surface area contributed by atoms with Gasteiger partial charge in [-0.1, -0.05) is 11.6 Å². The summed E-state index contributed by atoms with van der Waals surface area (Å²) in [6, 6.07) is 4.63. The minimum absolute atomic E-state index is 0.0475. The summed E-state index contributed by atoms with van der Waals surface area (Å²) < 4.78 is 5.75. The number of phenolic OH excluding ortho intramolecular Hbond substituents is 1. The van der Waals surface area contributed by atoms with E-state index >= 15 is 0 Å². The molecule has 21 heavy (non-hydrogen) atoms. The molecule has 0 saturated carbocycles. The van der Waals surface area contributed by atoms with Gasteiger partial charge in [0.2, 0.25) is 0 Å². The number of halogens is 1. The summed E-state index contributed by atoms with van der Waals surface area (Å²) in [5.74, 6) is 0.402. The zero-order chi connectivity index (χ0) is 14.8. The summed E-state index contributed by atoms with van der Waals surface area (Å²) in [5.41, 5.74) is 0.329. The molecule has 1 N–H and O–H groups in total. The number of piperidine rings is 1. The third kappa shape index (κ3) is 3.16. The predicted molar refractivity (Wildman–Crippen MR) is 80.7 cm³/mol. The van der Waals surface area contributed by atoms with E-state index in [4.69, 9.17) is 16.3 Å². The van der Waals surface area contributed by atoms with Crippen molar-refractivity contribution in [2.24, 2.45) is 5.92 Å². The van der Waals surface area contributed by atoms with Crippen LogP contribution in [0.15, 0.2) is 18.2 Å². The lowest BCUT2D eigenvalue weighted by Gasteiger charge is -2.34. The van der Waals surface area contributed by atoms with Crippen molar-refractivity contribution >= 4 is 17.5 Å². The first-order valence-electron chi connectivity index (χ1n) is 7.54. The lowest BCUT2D eigenvalue weighted by atomic mass is 9.89. The van der Waals surface area contributed by atoms with Crippen LogP contribution in [-0.2, 0) is 4.74 Å². The molecule has 0 radical (unpaired) electrons. The molecule has 0 spiro atoms. The Hall–Kier alpha value is -1.26. The van der Waals surface area contributed by atoms with Crippen molar-refractivity contribution in [2.45, 2.75) is 31.8 Å². The highest BCUT2D eigenvalue weighted by Gasteiger charge is 2.31. The van der Waals surface area contributed by atoms with Crippen molar-refractivity contribution in [3.63, 3.8) is 0 Å². The van der Waals surface area contributed by atoms with E-state index in [0.29, 0.717) is 22.6 Å². The number of hydrogen-bond donors (Lipinski definition) is 1. The van der Waals surface area contributed by atoms with Gasteiger partial charge in [0.15, 0.2) is 0 Å². The second-order valence-corrected chi connectivity index (χ2v) is 6.28. The van der Waals surface area contributed by atoms with Gasteiger partial charge < -0.3 is 14.7 Å². The molecule has 2 heterocycles. The fourth-order valence-corrected chi connectivity index (χ4v) is 3.47. The van der Waals surface area contributed by atoms with Gasteiger partial charge in [-0.05, 0) is 49.8 Å². The second-order valence-electron chi connectivity index (χ2n) is 5.84. The van der Waals surface area contributed by atoms with Crippen LogP contribution in [0.1, 0.15) is 36.0 Å². The number of aromatic hydroxyl groups is 1. The van der Waals surface area contributed by atoms with Crippen LogP contribution in [-0.4, -0.2) is 41.7 Å². The molecular formula is C16H20ClNO3. The first-order chi connectivity index (χ1) is 10.1. The fourth-order valence-electron chi connectivity index (χ4n) is 3.30. The van der Waals surface area contributed by atoms with Crippen molar-refractivity contribution < 1.29 is 14.6 Å². The van der Waals surface area contributed by atoms with E-state index in [9.17, 15) is 9.90 Å². The van der Waals surface area contributed by atoms with E-state index < -0.39 is 0 Å². The van der Waals surface area contributed by atoms with Gasteiger partial charge in [0.1, 0.15) is 5.75 Å². The maximum Gasteiger partial charge on any atom is 0.257 e. The second kappa shape index (κ2) is 6.24. The molecule has 114 valence electrons. The number of carbonyl (C=O) groups excluding carboxylic acids is 1. The maximum absolute atomic E-state index is 12.5. The van der Waals surface area contributed by atoms with Gasteiger partial charge >= 0.3 is 0 Å². The molecule has 3 rings (SSSR count). The van der Waals surface area contributed by atoms with Crippen molar-refractivity contribution in [1.82, 2.24) is 4.90 Å². The Kier molecular flexibility index (Phi) is 4.36. The monoisotopic (exact) mass is 309 g/mol. The van der Waals surface area contributed by atoms with E-state index in [0.717, 1.165) is 45.4 Å². The average Bonchev–Trinajstić information content (AvgIpc) is 3.01. The van der Waals surface area contributed by atoms with Crippen LogP contribution in [0.25, 0.3) is 0 Å². The molecule has 1 unspecified atom stereocenters. The van der Waals surface area contributed by atoms with Crippen molar-refractivity contribution in [3.05, 3.63) is 28.8 Å². The first kappa shape index (κ1) is 14.7. The van der Waals surface area contributed by atoms with E-state index in [1.54, 1.807) is 12.1 Å². The van der Waals surface area contributed by atoms with Crippen LogP contribution in [0, 0.1) is 5.92 Å². The standard InChI is InChI=1S/C16H20ClNO3/c17-12-3-4-13(14(19)10-12)16(20)18-7-5-11(6-8-18)15-2-1-9-21-15/h3-4,10-11,15,19H,1-2,5-9H2. The molecular weight excluding hydrogens is 290 g/mol. The van der Waals surface area contributed by atoms with Crippen LogP contribution >= 0.6 is 11.6 Å². The number of nitrogens with zero attached hydrogens (tertiary/aromatic N) is 1. The Balaban J connectivity index is 1.62. The summed E-state index contributed by atoms with van der Waals surface area (Å²) in [4.78, 5) is 14.3. The van der Waals surface area contributed by atoms with Gasteiger partial charge in [-0.2, -0.15) is 0 Å². The number of benzene rings is 1. The predicted octanol–water partition coefficient (Wildman–Crippen LogP) is 3.08. The van der Waals surface area contributed by atoms with Crippen LogP contribution in [0.3, 0.4) is 0 Å². The van der Waals surface area contributed by atoms with E-state index in [1.165, 1.54) is 6.07 Å². The number of phenols is 1. The van der Waals surface area contributed by atoms with Crippen LogP contribution in [0.5, 0.6) is 5.75 Å². The van der Waals surface area contributed by atoms with Crippen LogP contribution in [0.4, 0.5) is 0 Å². The molecule has 4 nitrogen and oxygen atoms in total. The van der Waals surface area contributed by atoms with Crippen molar-refractivity contribution in [2.75, 3.05) is 19.7 Å². The van der Waals surface area contributed by atoms with Gasteiger partial charge in [-0.15, -0.1) is 0 Å². The van der Waals surface area contributed by atoms with Crippen LogP contribution < -0.4 is 0 Å². The molecule has 1 aromatic carbocycles. The third-order valence-corrected chi connectivity index (χ3v) is 4.74. The highest BCUT2D eigenvalue weighted by atomic mass is 35.5. The normalized spacial score (nSPS) is 23.5. The first-order valence-corrected chi connectivity index (χ1v) is 7.92. The highest BCUT2D eigenvalue weighted by Crippen LogP contribution is 2.30. The Morgan fingerprint density at radius 2 is 2.05 bits per heavy atom. The Bertz CT molecular complexity index is 520. The summed E-state index contributed by atoms with van der Waals surface area (Å²) in [6.07, 6.45) is 4.64. The fraction of sp³-hybridized carbons (Fsp3) is 0.562. The molecule has 2 aliphatic heterocycles. The molecule has 2 saturated heterocycles. The average molecular weight is 310 g/mol. The molecule has 2 aliphatic rings. The third-order valence-electron chi connectivity index (χ3n) is 4.51. The minimum Gasteiger partial charge on any atom is -0.507 e. The zero-order valence-electron chi connectivity index (χ0n) is 11.9. The number of rotatable bonds is 2. The van der Waals surface area contributed by atoms with Gasteiger partial charge in [0.25, 0.3) is 5.91 Å². The molecule has 1 aromatic rings. The summed E-state index contributed by atoms with van der Waals surface area (Å²) >= 11 is 5.80. The summed E-state index contributed by atoms with van der Waals surface area (Å²) in [7, 11) is 0. The smallest absolute Gasteiger partial charge is 0.257 e. The summed E-state index contributed by atoms with van der Waals surface area (Å²) in [6.45, 7) is 2.33. The Morgan fingerprint density at radius 1 is 1.29 bits per heavy atom. The number of amides is 1. The molecule has 2 fully saturated rings.